The van der Waals surface area contributed by atoms with Crippen LogP contribution in [0.1, 0.15) is 10.5 Å². The van der Waals surface area contributed by atoms with Crippen molar-refractivity contribution in [1.29, 1.82) is 0 Å². The number of hydrogen-bond acceptors (Lipinski definition) is 6. The molecule has 0 aromatic carbocycles. The number of aromatic nitrogens is 3. The van der Waals surface area contributed by atoms with Crippen LogP contribution in [0, 0.1) is 10.1 Å². The first kappa shape index (κ1) is 13.5. The Bertz CT molecular complexity index is 679. The summed E-state index contributed by atoms with van der Waals surface area (Å²) in [6, 6.07) is 4.03. The molecule has 0 fully saturated rings. The van der Waals surface area contributed by atoms with Crippen molar-refractivity contribution >= 4 is 17.4 Å². The SMILES string of the molecule is CN(C)C(=O)c1ccn(-c2nc(N)ccc2[N+](=O)[O-])n1. The number of amides is 1. The third-order valence-corrected chi connectivity index (χ3v) is 2.50. The minimum absolute atomic E-state index is 0.0344. The average Bonchev–Trinajstić information content (AvgIpc) is 2.86. The van der Waals surface area contributed by atoms with Gasteiger partial charge in [0.05, 0.1) is 4.92 Å². The molecule has 1 amide bonds. The number of pyridine rings is 1. The van der Waals surface area contributed by atoms with E-state index in [1.807, 2.05) is 0 Å². The second-order valence-electron chi connectivity index (χ2n) is 4.18. The summed E-state index contributed by atoms with van der Waals surface area (Å²) in [4.78, 5) is 27.4. The van der Waals surface area contributed by atoms with Crippen LogP contribution in [0.25, 0.3) is 5.82 Å². The van der Waals surface area contributed by atoms with Crippen molar-refractivity contribution in [2.45, 2.75) is 0 Å². The van der Waals surface area contributed by atoms with Crippen LogP contribution in [0.15, 0.2) is 24.4 Å². The van der Waals surface area contributed by atoms with Gasteiger partial charge in [-0.3, -0.25) is 14.9 Å². The molecule has 2 aromatic rings. The number of anilines is 1. The predicted molar refractivity (Wildman–Crippen MR) is 70.4 cm³/mol. The first-order valence-corrected chi connectivity index (χ1v) is 5.58. The zero-order chi connectivity index (χ0) is 14.9. The maximum Gasteiger partial charge on any atom is 0.313 e. The van der Waals surface area contributed by atoms with Gasteiger partial charge >= 0.3 is 5.69 Å². The van der Waals surface area contributed by atoms with Gasteiger partial charge in [-0.15, -0.1) is 0 Å². The highest BCUT2D eigenvalue weighted by molar-refractivity contribution is 5.91. The standard InChI is InChI=1S/C11H12N6O3/c1-15(2)11(18)7-5-6-16(14-7)10-8(17(19)20)3-4-9(12)13-10/h3-6H,1-2H3,(H2,12,13). The normalized spacial score (nSPS) is 10.3. The fourth-order valence-electron chi connectivity index (χ4n) is 1.55. The van der Waals surface area contributed by atoms with Crippen LogP contribution in [0.4, 0.5) is 11.5 Å². The number of rotatable bonds is 3. The fourth-order valence-corrected chi connectivity index (χ4v) is 1.55. The quantitative estimate of drug-likeness (QED) is 0.642. The molecule has 2 N–H and O–H groups in total. The number of carbonyl (C=O) groups excluding carboxylic acids is 1. The molecular formula is C11H12N6O3. The Morgan fingerprint density at radius 2 is 2.10 bits per heavy atom. The highest BCUT2D eigenvalue weighted by atomic mass is 16.6. The molecule has 2 aromatic heterocycles. The number of nitrogen functional groups attached to an aromatic ring is 1. The Hall–Kier alpha value is -2.97. The summed E-state index contributed by atoms with van der Waals surface area (Å²) in [6.45, 7) is 0. The van der Waals surface area contributed by atoms with Gasteiger partial charge in [-0.05, 0) is 12.1 Å². The van der Waals surface area contributed by atoms with Crippen molar-refractivity contribution in [3.8, 4) is 5.82 Å². The molecule has 0 aliphatic rings. The minimum atomic E-state index is -0.586. The maximum absolute atomic E-state index is 11.7. The number of hydrogen-bond donors (Lipinski definition) is 1. The van der Waals surface area contributed by atoms with Crippen molar-refractivity contribution in [3.05, 3.63) is 40.2 Å². The molecule has 0 unspecified atom stereocenters. The summed E-state index contributed by atoms with van der Waals surface area (Å²) in [5.41, 5.74) is 5.45. The molecule has 2 rings (SSSR count). The Morgan fingerprint density at radius 1 is 1.40 bits per heavy atom. The van der Waals surface area contributed by atoms with Gasteiger partial charge in [0.15, 0.2) is 5.69 Å². The van der Waals surface area contributed by atoms with E-state index in [4.69, 9.17) is 5.73 Å². The lowest BCUT2D eigenvalue weighted by Crippen LogP contribution is -2.22. The molecule has 0 aliphatic heterocycles. The lowest BCUT2D eigenvalue weighted by molar-refractivity contribution is -0.384. The van der Waals surface area contributed by atoms with Gasteiger partial charge in [0.2, 0.25) is 5.82 Å². The van der Waals surface area contributed by atoms with Crippen LogP contribution < -0.4 is 5.73 Å². The number of carbonyl (C=O) groups is 1. The monoisotopic (exact) mass is 276 g/mol. The van der Waals surface area contributed by atoms with Gasteiger partial charge in [-0.2, -0.15) is 5.10 Å². The highest BCUT2D eigenvalue weighted by Crippen LogP contribution is 2.21. The van der Waals surface area contributed by atoms with E-state index in [0.29, 0.717) is 0 Å². The van der Waals surface area contributed by atoms with Crippen molar-refractivity contribution in [2.24, 2.45) is 0 Å². The smallest absolute Gasteiger partial charge is 0.313 e. The van der Waals surface area contributed by atoms with E-state index in [1.165, 1.54) is 29.3 Å². The second-order valence-corrected chi connectivity index (χ2v) is 4.18. The summed E-state index contributed by atoms with van der Waals surface area (Å²) >= 11 is 0. The zero-order valence-corrected chi connectivity index (χ0v) is 10.8. The van der Waals surface area contributed by atoms with Gasteiger partial charge in [-0.1, -0.05) is 0 Å². The molecule has 20 heavy (non-hydrogen) atoms. The van der Waals surface area contributed by atoms with Crippen LogP contribution in [-0.2, 0) is 0 Å². The van der Waals surface area contributed by atoms with E-state index in [-0.39, 0.29) is 28.9 Å². The third kappa shape index (κ3) is 2.41. The van der Waals surface area contributed by atoms with Crippen molar-refractivity contribution in [2.75, 3.05) is 19.8 Å². The molecule has 0 atom stereocenters. The molecule has 0 saturated carbocycles. The first-order valence-electron chi connectivity index (χ1n) is 5.58. The molecule has 9 nitrogen and oxygen atoms in total. The van der Waals surface area contributed by atoms with Crippen molar-refractivity contribution < 1.29 is 9.72 Å². The van der Waals surface area contributed by atoms with Crippen LogP contribution in [0.5, 0.6) is 0 Å². The molecule has 104 valence electrons. The van der Waals surface area contributed by atoms with E-state index < -0.39 is 4.92 Å². The van der Waals surface area contributed by atoms with E-state index in [1.54, 1.807) is 14.1 Å². The van der Waals surface area contributed by atoms with Gasteiger partial charge in [-0.25, -0.2) is 9.67 Å². The lowest BCUT2D eigenvalue weighted by atomic mass is 10.4. The Morgan fingerprint density at radius 3 is 2.70 bits per heavy atom. The number of nitrogens with zero attached hydrogens (tertiary/aromatic N) is 5. The summed E-state index contributed by atoms with van der Waals surface area (Å²) in [6.07, 6.45) is 1.42. The number of nitrogens with two attached hydrogens (primary N) is 1. The minimum Gasteiger partial charge on any atom is -0.384 e. The molecule has 9 heteroatoms. The van der Waals surface area contributed by atoms with E-state index in [9.17, 15) is 14.9 Å². The Balaban J connectivity index is 2.50. The van der Waals surface area contributed by atoms with Gasteiger partial charge in [0, 0.05) is 26.4 Å². The summed E-state index contributed by atoms with van der Waals surface area (Å²) in [5.74, 6) is -0.218. The van der Waals surface area contributed by atoms with Gasteiger partial charge in [0.25, 0.3) is 5.91 Å². The molecule has 0 saturated heterocycles. The molecule has 0 bridgehead atoms. The fraction of sp³-hybridized carbons (Fsp3) is 0.182. The molecular weight excluding hydrogens is 264 g/mol. The van der Waals surface area contributed by atoms with E-state index in [2.05, 4.69) is 10.1 Å². The van der Waals surface area contributed by atoms with Crippen molar-refractivity contribution in [3.63, 3.8) is 0 Å². The summed E-state index contributed by atoms with van der Waals surface area (Å²) < 4.78 is 1.16. The lowest BCUT2D eigenvalue weighted by Gasteiger charge is -2.07. The van der Waals surface area contributed by atoms with Gasteiger partial charge < -0.3 is 10.6 Å². The number of nitro groups is 1. The predicted octanol–water partition coefficient (Wildman–Crippen LogP) is 0.459. The first-order chi connectivity index (χ1) is 9.40. The van der Waals surface area contributed by atoms with Gasteiger partial charge in [0.1, 0.15) is 5.82 Å². The van der Waals surface area contributed by atoms with E-state index in [0.717, 1.165) is 4.68 Å². The molecule has 0 radical (unpaired) electrons. The molecule has 0 aliphatic carbocycles. The third-order valence-electron chi connectivity index (χ3n) is 2.50. The van der Waals surface area contributed by atoms with Crippen LogP contribution in [-0.4, -0.2) is 44.6 Å². The maximum atomic E-state index is 11.7. The van der Waals surface area contributed by atoms with E-state index >= 15 is 0 Å². The second kappa shape index (κ2) is 4.96. The summed E-state index contributed by atoms with van der Waals surface area (Å²) in [7, 11) is 3.17. The highest BCUT2D eigenvalue weighted by Gasteiger charge is 2.20. The Kier molecular flexibility index (Phi) is 3.34. The van der Waals surface area contributed by atoms with Crippen LogP contribution >= 0.6 is 0 Å². The zero-order valence-electron chi connectivity index (χ0n) is 10.8. The average molecular weight is 276 g/mol. The van der Waals surface area contributed by atoms with Crippen LogP contribution in [0.3, 0.4) is 0 Å². The van der Waals surface area contributed by atoms with Crippen LogP contribution in [0.2, 0.25) is 0 Å². The molecule has 2 heterocycles. The largest absolute Gasteiger partial charge is 0.384 e. The molecule has 0 spiro atoms. The van der Waals surface area contributed by atoms with Crippen molar-refractivity contribution in [1.82, 2.24) is 19.7 Å². The Labute approximate surface area is 113 Å². The topological polar surface area (TPSA) is 120 Å². The summed E-state index contributed by atoms with van der Waals surface area (Å²) in [5, 5.41) is 15.0.